The number of carbonyl (C=O) groups excluding carboxylic acids is 1. The zero-order valence-electron chi connectivity index (χ0n) is 12.8. The van der Waals surface area contributed by atoms with Crippen LogP contribution >= 0.6 is 23.2 Å². The number of amides is 1. The molecule has 0 saturated heterocycles. The lowest BCUT2D eigenvalue weighted by molar-refractivity contribution is 0.0688. The van der Waals surface area contributed by atoms with Crippen molar-refractivity contribution in [3.63, 3.8) is 0 Å². The Hall–Kier alpha value is -1.26. The maximum absolute atomic E-state index is 12.9. The average Bonchev–Trinajstić information content (AvgIpc) is 2.83. The number of imidazole rings is 1. The molecule has 0 radical (unpaired) electrons. The molecule has 0 N–H and O–H groups in total. The van der Waals surface area contributed by atoms with Crippen LogP contribution in [0.15, 0.2) is 12.3 Å². The SMILES string of the molecule is Cc1nc2c(Cl)cc(Cl)cn2c1C(=O)N(C)C1CCCCC1. The van der Waals surface area contributed by atoms with Crippen LogP contribution in [0.4, 0.5) is 0 Å². The maximum Gasteiger partial charge on any atom is 0.272 e. The zero-order chi connectivity index (χ0) is 15.9. The van der Waals surface area contributed by atoms with Gasteiger partial charge in [-0.15, -0.1) is 0 Å². The Bertz CT molecular complexity index is 720. The molecule has 4 nitrogen and oxygen atoms in total. The molecule has 0 aliphatic heterocycles. The highest BCUT2D eigenvalue weighted by atomic mass is 35.5. The Balaban J connectivity index is 2.01. The second kappa shape index (κ2) is 6.09. The van der Waals surface area contributed by atoms with Crippen molar-refractivity contribution in [2.75, 3.05) is 7.05 Å². The lowest BCUT2D eigenvalue weighted by Crippen LogP contribution is -2.39. The van der Waals surface area contributed by atoms with Crippen molar-refractivity contribution in [2.24, 2.45) is 0 Å². The van der Waals surface area contributed by atoms with Crippen molar-refractivity contribution in [3.8, 4) is 0 Å². The fraction of sp³-hybridized carbons (Fsp3) is 0.500. The van der Waals surface area contributed by atoms with Crippen LogP contribution in [0.3, 0.4) is 0 Å². The van der Waals surface area contributed by atoms with E-state index in [0.717, 1.165) is 12.8 Å². The minimum Gasteiger partial charge on any atom is -0.337 e. The second-order valence-corrected chi connectivity index (χ2v) is 6.80. The molecule has 0 bridgehead atoms. The average molecular weight is 340 g/mol. The molecule has 1 aliphatic carbocycles. The smallest absolute Gasteiger partial charge is 0.272 e. The van der Waals surface area contributed by atoms with Crippen molar-refractivity contribution in [2.45, 2.75) is 45.1 Å². The molecule has 1 aliphatic rings. The molecule has 1 saturated carbocycles. The molecule has 118 valence electrons. The van der Waals surface area contributed by atoms with Crippen LogP contribution in [0.2, 0.25) is 10.0 Å². The van der Waals surface area contributed by atoms with E-state index < -0.39 is 0 Å². The third kappa shape index (κ3) is 2.70. The number of nitrogens with zero attached hydrogens (tertiary/aromatic N) is 3. The van der Waals surface area contributed by atoms with Crippen molar-refractivity contribution < 1.29 is 4.79 Å². The van der Waals surface area contributed by atoms with E-state index in [1.54, 1.807) is 16.7 Å². The van der Waals surface area contributed by atoms with E-state index in [2.05, 4.69) is 4.98 Å². The summed E-state index contributed by atoms with van der Waals surface area (Å²) in [5.41, 5.74) is 1.80. The third-order valence-corrected chi connectivity index (χ3v) is 4.95. The Kier molecular flexibility index (Phi) is 4.33. The molecule has 2 aromatic rings. The Morgan fingerprint density at radius 2 is 2.00 bits per heavy atom. The fourth-order valence-corrected chi connectivity index (χ4v) is 3.76. The van der Waals surface area contributed by atoms with Crippen molar-refractivity contribution in [1.29, 1.82) is 0 Å². The van der Waals surface area contributed by atoms with Gasteiger partial charge >= 0.3 is 0 Å². The lowest BCUT2D eigenvalue weighted by atomic mass is 9.94. The summed E-state index contributed by atoms with van der Waals surface area (Å²) >= 11 is 12.3. The number of aryl methyl sites for hydroxylation is 1. The van der Waals surface area contributed by atoms with Gasteiger partial charge < -0.3 is 4.90 Å². The molecular formula is C16H19Cl2N3O. The molecule has 0 aromatic carbocycles. The van der Waals surface area contributed by atoms with Crippen LogP contribution in [0.25, 0.3) is 5.65 Å². The van der Waals surface area contributed by atoms with Gasteiger partial charge in [0.2, 0.25) is 0 Å². The largest absolute Gasteiger partial charge is 0.337 e. The van der Waals surface area contributed by atoms with Crippen LogP contribution in [0, 0.1) is 6.92 Å². The maximum atomic E-state index is 12.9. The Labute approximate surface area is 140 Å². The van der Waals surface area contributed by atoms with E-state index in [0.29, 0.717) is 33.1 Å². The van der Waals surface area contributed by atoms with E-state index in [9.17, 15) is 4.79 Å². The summed E-state index contributed by atoms with van der Waals surface area (Å²) in [6.07, 6.45) is 7.47. The first-order valence-corrected chi connectivity index (χ1v) is 8.35. The highest BCUT2D eigenvalue weighted by Gasteiger charge is 2.27. The van der Waals surface area contributed by atoms with Gasteiger partial charge in [-0.1, -0.05) is 42.5 Å². The quantitative estimate of drug-likeness (QED) is 0.815. The Morgan fingerprint density at radius 1 is 1.32 bits per heavy atom. The van der Waals surface area contributed by atoms with Crippen LogP contribution in [-0.2, 0) is 0 Å². The number of aromatic nitrogens is 2. The fourth-order valence-electron chi connectivity index (χ4n) is 3.25. The van der Waals surface area contributed by atoms with E-state index in [-0.39, 0.29) is 5.91 Å². The number of pyridine rings is 1. The van der Waals surface area contributed by atoms with E-state index >= 15 is 0 Å². The highest BCUT2D eigenvalue weighted by Crippen LogP contribution is 2.27. The monoisotopic (exact) mass is 339 g/mol. The van der Waals surface area contributed by atoms with Crippen molar-refractivity contribution in [1.82, 2.24) is 14.3 Å². The van der Waals surface area contributed by atoms with Crippen LogP contribution in [0.1, 0.15) is 48.3 Å². The van der Waals surface area contributed by atoms with E-state index in [4.69, 9.17) is 23.2 Å². The summed E-state index contributed by atoms with van der Waals surface area (Å²) in [6.45, 7) is 1.83. The summed E-state index contributed by atoms with van der Waals surface area (Å²) in [5.74, 6) is -0.0183. The first-order valence-electron chi connectivity index (χ1n) is 7.60. The second-order valence-electron chi connectivity index (χ2n) is 5.95. The number of fused-ring (bicyclic) bond motifs is 1. The summed E-state index contributed by atoms with van der Waals surface area (Å²) < 4.78 is 1.71. The minimum atomic E-state index is -0.0183. The molecule has 1 amide bonds. The van der Waals surface area contributed by atoms with Gasteiger partial charge in [-0.3, -0.25) is 9.20 Å². The topological polar surface area (TPSA) is 37.6 Å². The molecule has 0 spiro atoms. The predicted molar refractivity (Wildman–Crippen MR) is 88.9 cm³/mol. The molecule has 3 rings (SSSR count). The first kappa shape index (κ1) is 15.6. The summed E-state index contributed by atoms with van der Waals surface area (Å²) in [4.78, 5) is 19.2. The van der Waals surface area contributed by atoms with Crippen LogP contribution < -0.4 is 0 Å². The molecule has 1 fully saturated rings. The molecule has 22 heavy (non-hydrogen) atoms. The molecular weight excluding hydrogens is 321 g/mol. The molecule has 2 aromatic heterocycles. The first-order chi connectivity index (χ1) is 10.5. The van der Waals surface area contributed by atoms with Crippen molar-refractivity contribution in [3.05, 3.63) is 33.7 Å². The van der Waals surface area contributed by atoms with Crippen molar-refractivity contribution >= 4 is 34.8 Å². The van der Waals surface area contributed by atoms with Gasteiger partial charge in [-0.2, -0.15) is 0 Å². The number of hydrogen-bond donors (Lipinski definition) is 0. The lowest BCUT2D eigenvalue weighted by Gasteiger charge is -2.31. The minimum absolute atomic E-state index is 0.0183. The van der Waals surface area contributed by atoms with E-state index in [1.807, 2.05) is 18.9 Å². The predicted octanol–water partition coefficient (Wildman–Crippen LogP) is 4.35. The summed E-state index contributed by atoms with van der Waals surface area (Å²) in [6, 6.07) is 1.95. The molecule has 2 heterocycles. The molecule has 0 unspecified atom stereocenters. The van der Waals surface area contributed by atoms with Gasteiger partial charge in [0.25, 0.3) is 5.91 Å². The highest BCUT2D eigenvalue weighted by molar-refractivity contribution is 6.36. The van der Waals surface area contributed by atoms with Gasteiger partial charge in [0.1, 0.15) is 5.69 Å². The number of carbonyl (C=O) groups is 1. The third-order valence-electron chi connectivity index (χ3n) is 4.46. The van der Waals surface area contributed by atoms with Gasteiger partial charge in [0.05, 0.1) is 15.7 Å². The van der Waals surface area contributed by atoms with Gasteiger partial charge in [-0.05, 0) is 25.8 Å². The summed E-state index contributed by atoms with van der Waals surface area (Å²) in [5, 5.41) is 0.944. The number of hydrogen-bond acceptors (Lipinski definition) is 2. The van der Waals surface area contributed by atoms with Gasteiger partial charge in [0, 0.05) is 19.3 Å². The van der Waals surface area contributed by atoms with E-state index in [1.165, 1.54) is 19.3 Å². The number of halogens is 2. The van der Waals surface area contributed by atoms with Crippen LogP contribution in [-0.4, -0.2) is 33.3 Å². The molecule has 0 atom stereocenters. The summed E-state index contributed by atoms with van der Waals surface area (Å²) in [7, 11) is 1.88. The Morgan fingerprint density at radius 3 is 2.68 bits per heavy atom. The standard InChI is InChI=1S/C16H19Cl2N3O/c1-10-14(16(22)20(2)12-6-4-3-5-7-12)21-9-11(17)8-13(18)15(21)19-10/h8-9,12H,3-7H2,1-2H3. The van der Waals surface area contributed by atoms with Gasteiger partial charge in [0.15, 0.2) is 5.65 Å². The zero-order valence-corrected chi connectivity index (χ0v) is 14.3. The van der Waals surface area contributed by atoms with Crippen LogP contribution in [0.5, 0.6) is 0 Å². The molecule has 6 heteroatoms. The normalized spacial score (nSPS) is 16.2. The van der Waals surface area contributed by atoms with Gasteiger partial charge in [-0.25, -0.2) is 4.98 Å². The number of rotatable bonds is 2.